The average molecular weight is 378 g/mol. The fraction of sp³-hybridized carbons (Fsp3) is 0.100. The second-order valence-electron chi connectivity index (χ2n) is 5.95. The lowest BCUT2D eigenvalue weighted by molar-refractivity contribution is 0.102. The molecule has 3 aromatic rings. The minimum Gasteiger partial charge on any atom is -0.324 e. The monoisotopic (exact) mass is 377 g/mol. The lowest BCUT2D eigenvalue weighted by Crippen LogP contribution is -2.15. The van der Waals surface area contributed by atoms with Gasteiger partial charge in [0.05, 0.1) is 11.6 Å². The molecule has 0 saturated carbocycles. The van der Waals surface area contributed by atoms with Gasteiger partial charge >= 0.3 is 0 Å². The van der Waals surface area contributed by atoms with Crippen molar-refractivity contribution in [1.82, 2.24) is 9.97 Å². The first-order valence-electron chi connectivity index (χ1n) is 8.15. The van der Waals surface area contributed by atoms with Crippen LogP contribution in [0.5, 0.6) is 0 Å². The first-order chi connectivity index (χ1) is 12.9. The van der Waals surface area contributed by atoms with Crippen LogP contribution in [0.15, 0.2) is 48.5 Å². The van der Waals surface area contributed by atoms with Crippen molar-refractivity contribution in [3.8, 4) is 6.07 Å². The number of hydrogen-bond acceptors (Lipinski definition) is 5. The number of aryl methyl sites for hydroxylation is 2. The second kappa shape index (κ2) is 7.85. The predicted molar refractivity (Wildman–Crippen MR) is 105 cm³/mol. The first kappa shape index (κ1) is 18.4. The van der Waals surface area contributed by atoms with Crippen LogP contribution in [0, 0.1) is 25.2 Å². The van der Waals surface area contributed by atoms with Crippen molar-refractivity contribution in [3.63, 3.8) is 0 Å². The maximum Gasteiger partial charge on any atom is 0.274 e. The molecule has 0 radical (unpaired) electrons. The van der Waals surface area contributed by atoms with Gasteiger partial charge in [-0.05, 0) is 55.8 Å². The van der Waals surface area contributed by atoms with Gasteiger partial charge in [0.1, 0.15) is 5.69 Å². The summed E-state index contributed by atoms with van der Waals surface area (Å²) in [4.78, 5) is 21.1. The Balaban J connectivity index is 1.82. The van der Waals surface area contributed by atoms with Gasteiger partial charge in [-0.25, -0.2) is 9.97 Å². The van der Waals surface area contributed by atoms with Gasteiger partial charge in [-0.15, -0.1) is 0 Å². The van der Waals surface area contributed by atoms with Crippen LogP contribution in [0.4, 0.5) is 17.3 Å². The van der Waals surface area contributed by atoms with E-state index in [0.29, 0.717) is 27.9 Å². The molecule has 6 nitrogen and oxygen atoms in total. The maximum atomic E-state index is 12.5. The molecule has 134 valence electrons. The molecule has 1 aromatic heterocycles. The van der Waals surface area contributed by atoms with Gasteiger partial charge in [0, 0.05) is 22.1 Å². The van der Waals surface area contributed by atoms with Gasteiger partial charge in [-0.3, -0.25) is 4.79 Å². The number of nitrogens with one attached hydrogen (secondary N) is 2. The topological polar surface area (TPSA) is 90.7 Å². The van der Waals surface area contributed by atoms with E-state index in [9.17, 15) is 4.79 Å². The highest BCUT2D eigenvalue weighted by Crippen LogP contribution is 2.22. The predicted octanol–water partition coefficient (Wildman–Crippen LogP) is 4.61. The van der Waals surface area contributed by atoms with Crippen molar-refractivity contribution in [3.05, 3.63) is 76.1 Å². The Morgan fingerprint density at radius 3 is 2.63 bits per heavy atom. The van der Waals surface area contributed by atoms with Gasteiger partial charge in [0.2, 0.25) is 5.95 Å². The molecule has 0 aliphatic rings. The number of carbonyl (C=O) groups is 1. The van der Waals surface area contributed by atoms with E-state index in [2.05, 4.69) is 20.6 Å². The molecule has 0 atom stereocenters. The number of nitrogens with zero attached hydrogens (tertiary/aromatic N) is 3. The van der Waals surface area contributed by atoms with E-state index in [1.165, 1.54) is 0 Å². The van der Waals surface area contributed by atoms with E-state index in [-0.39, 0.29) is 11.6 Å². The number of carbonyl (C=O) groups excluding carboxylic acids is 1. The van der Waals surface area contributed by atoms with Crippen molar-refractivity contribution in [2.45, 2.75) is 13.8 Å². The molecule has 2 aromatic carbocycles. The minimum absolute atomic E-state index is 0.213. The molecule has 2 N–H and O–H groups in total. The van der Waals surface area contributed by atoms with Gasteiger partial charge < -0.3 is 10.6 Å². The third-order valence-electron chi connectivity index (χ3n) is 3.76. The Morgan fingerprint density at radius 1 is 1.07 bits per heavy atom. The standard InChI is InChI=1S/C20H16ClN5O/c1-12-6-7-16(10-17(12)21)25-20-23-13(2)8-18(26-20)19(27)24-15-5-3-4-14(9-15)11-22/h3-10H,1-2H3,(H,24,27)(H,23,25,26). The highest BCUT2D eigenvalue weighted by Gasteiger charge is 2.12. The molecule has 0 bridgehead atoms. The van der Waals surface area contributed by atoms with Crippen molar-refractivity contribution in [1.29, 1.82) is 5.26 Å². The van der Waals surface area contributed by atoms with Crippen molar-refractivity contribution in [2.24, 2.45) is 0 Å². The highest BCUT2D eigenvalue weighted by atomic mass is 35.5. The summed E-state index contributed by atoms with van der Waals surface area (Å²) >= 11 is 6.14. The number of rotatable bonds is 4. The Labute approximate surface area is 161 Å². The molecule has 1 heterocycles. The SMILES string of the molecule is Cc1cc(C(=O)Nc2cccc(C#N)c2)nc(Nc2ccc(C)c(Cl)c2)n1. The third kappa shape index (κ3) is 4.60. The van der Waals surface area contributed by atoms with Gasteiger partial charge in [-0.2, -0.15) is 5.26 Å². The Kier molecular flexibility index (Phi) is 5.34. The summed E-state index contributed by atoms with van der Waals surface area (Å²) in [6.45, 7) is 3.70. The zero-order valence-corrected chi connectivity index (χ0v) is 15.5. The zero-order chi connectivity index (χ0) is 19.4. The largest absolute Gasteiger partial charge is 0.324 e. The van der Waals surface area contributed by atoms with E-state index < -0.39 is 0 Å². The number of aromatic nitrogens is 2. The number of nitriles is 1. The fourth-order valence-electron chi connectivity index (χ4n) is 2.40. The van der Waals surface area contributed by atoms with E-state index in [1.54, 1.807) is 43.3 Å². The summed E-state index contributed by atoms with van der Waals surface area (Å²) in [7, 11) is 0. The van der Waals surface area contributed by atoms with Crippen LogP contribution in [0.3, 0.4) is 0 Å². The van der Waals surface area contributed by atoms with E-state index in [1.807, 2.05) is 25.1 Å². The van der Waals surface area contributed by atoms with Gasteiger partial charge in [-0.1, -0.05) is 23.7 Å². The van der Waals surface area contributed by atoms with Crippen molar-refractivity contribution < 1.29 is 4.79 Å². The number of anilines is 3. The van der Waals surface area contributed by atoms with Crippen LogP contribution < -0.4 is 10.6 Å². The highest BCUT2D eigenvalue weighted by molar-refractivity contribution is 6.31. The minimum atomic E-state index is -0.388. The molecule has 27 heavy (non-hydrogen) atoms. The normalized spacial score (nSPS) is 10.1. The molecule has 0 saturated heterocycles. The molecule has 0 fully saturated rings. The Hall–Kier alpha value is -3.43. The van der Waals surface area contributed by atoms with E-state index >= 15 is 0 Å². The number of halogens is 1. The van der Waals surface area contributed by atoms with E-state index in [0.717, 1.165) is 11.3 Å². The molecular weight excluding hydrogens is 362 g/mol. The van der Waals surface area contributed by atoms with Gasteiger partial charge in [0.15, 0.2) is 0 Å². The van der Waals surface area contributed by atoms with Crippen molar-refractivity contribution >= 4 is 34.8 Å². The molecule has 7 heteroatoms. The quantitative estimate of drug-likeness (QED) is 0.692. The summed E-state index contributed by atoms with van der Waals surface area (Å²) in [5.74, 6) is -0.0913. The molecular formula is C20H16ClN5O. The first-order valence-corrected chi connectivity index (χ1v) is 8.53. The average Bonchev–Trinajstić information content (AvgIpc) is 2.64. The van der Waals surface area contributed by atoms with E-state index in [4.69, 9.17) is 16.9 Å². The third-order valence-corrected chi connectivity index (χ3v) is 4.17. The fourth-order valence-corrected chi connectivity index (χ4v) is 2.58. The second-order valence-corrected chi connectivity index (χ2v) is 6.36. The van der Waals surface area contributed by atoms with Crippen LogP contribution in [-0.2, 0) is 0 Å². The van der Waals surface area contributed by atoms with Crippen LogP contribution in [0.2, 0.25) is 5.02 Å². The lowest BCUT2D eigenvalue weighted by Gasteiger charge is -2.10. The lowest BCUT2D eigenvalue weighted by atomic mass is 10.2. The summed E-state index contributed by atoms with van der Waals surface area (Å²) in [6, 6.07) is 15.8. The summed E-state index contributed by atoms with van der Waals surface area (Å²) < 4.78 is 0. The van der Waals surface area contributed by atoms with Crippen molar-refractivity contribution in [2.75, 3.05) is 10.6 Å². The number of amides is 1. The molecule has 0 aliphatic heterocycles. The van der Waals surface area contributed by atoms with Crippen LogP contribution >= 0.6 is 11.6 Å². The molecule has 0 aliphatic carbocycles. The molecule has 3 rings (SSSR count). The number of benzene rings is 2. The summed E-state index contributed by atoms with van der Waals surface area (Å²) in [6.07, 6.45) is 0. The van der Waals surface area contributed by atoms with Gasteiger partial charge in [0.25, 0.3) is 5.91 Å². The summed E-state index contributed by atoms with van der Waals surface area (Å²) in [5.41, 5.74) is 3.53. The zero-order valence-electron chi connectivity index (χ0n) is 14.7. The number of hydrogen-bond donors (Lipinski definition) is 2. The van der Waals surface area contributed by atoms with Crippen LogP contribution in [0.1, 0.15) is 27.3 Å². The summed E-state index contributed by atoms with van der Waals surface area (Å²) in [5, 5.41) is 15.4. The smallest absolute Gasteiger partial charge is 0.274 e. The van der Waals surface area contributed by atoms with Crippen LogP contribution in [0.25, 0.3) is 0 Å². The maximum absolute atomic E-state index is 12.5. The molecule has 0 unspecified atom stereocenters. The van der Waals surface area contributed by atoms with Crippen LogP contribution in [-0.4, -0.2) is 15.9 Å². The molecule has 1 amide bonds. The Bertz CT molecular complexity index is 1060. The Morgan fingerprint density at radius 2 is 1.89 bits per heavy atom. The molecule has 0 spiro atoms.